The molecule has 0 radical (unpaired) electrons. The van der Waals surface area contributed by atoms with Crippen LogP contribution in [0.3, 0.4) is 0 Å². The van der Waals surface area contributed by atoms with Crippen molar-refractivity contribution in [3.05, 3.63) is 41.5 Å². The lowest BCUT2D eigenvalue weighted by atomic mass is 9.70. The SMILES string of the molecule is CC12CCC(C(=CCc3ccc([N+](C)(C)C)cc3)C1=O)C2(C)C.COS(=O)(=O)O. The highest BCUT2D eigenvalue weighted by Gasteiger charge is 2.63. The van der Waals surface area contributed by atoms with Crippen molar-refractivity contribution in [3.8, 4) is 0 Å². The van der Waals surface area contributed by atoms with Crippen molar-refractivity contribution in [1.29, 1.82) is 0 Å². The predicted octanol–water partition coefficient (Wildman–Crippen LogP) is 3.81. The van der Waals surface area contributed by atoms with Crippen molar-refractivity contribution in [2.45, 2.75) is 40.0 Å². The molecule has 2 fully saturated rings. The predicted molar refractivity (Wildman–Crippen MR) is 116 cm³/mol. The van der Waals surface area contributed by atoms with E-state index in [0.29, 0.717) is 11.7 Å². The maximum Gasteiger partial charge on any atom is 0.397 e. The Balaban J connectivity index is 0.000000438. The summed E-state index contributed by atoms with van der Waals surface area (Å²) >= 11 is 0. The Bertz CT molecular complexity index is 894. The summed E-state index contributed by atoms with van der Waals surface area (Å²) in [5, 5.41) is 0. The molecule has 0 amide bonds. The Kier molecular flexibility index (Phi) is 6.50. The van der Waals surface area contributed by atoms with Crippen molar-refractivity contribution in [3.63, 3.8) is 0 Å². The minimum Gasteiger partial charge on any atom is -0.298 e. The molecule has 0 saturated heterocycles. The van der Waals surface area contributed by atoms with Crippen LogP contribution in [0.5, 0.6) is 0 Å². The third kappa shape index (κ3) is 4.79. The molecule has 2 aliphatic carbocycles. The topological polar surface area (TPSA) is 80.7 Å². The summed E-state index contributed by atoms with van der Waals surface area (Å²) in [7, 11) is 3.23. The first-order valence-electron chi connectivity index (χ1n) is 9.82. The van der Waals surface area contributed by atoms with Gasteiger partial charge in [0.1, 0.15) is 5.69 Å². The molecule has 0 aliphatic heterocycles. The van der Waals surface area contributed by atoms with Crippen molar-refractivity contribution in [2.75, 3.05) is 28.3 Å². The van der Waals surface area contributed by atoms with Gasteiger partial charge < -0.3 is 0 Å². The van der Waals surface area contributed by atoms with Crippen molar-refractivity contribution >= 4 is 21.9 Å². The smallest absolute Gasteiger partial charge is 0.298 e. The zero-order chi connectivity index (χ0) is 22.3. The lowest BCUT2D eigenvalue weighted by molar-refractivity contribution is -0.125. The Morgan fingerprint density at radius 1 is 1.17 bits per heavy atom. The van der Waals surface area contributed by atoms with E-state index in [1.165, 1.54) is 17.7 Å². The van der Waals surface area contributed by atoms with Gasteiger partial charge in [0.15, 0.2) is 5.78 Å². The van der Waals surface area contributed by atoms with Crippen LogP contribution in [0.15, 0.2) is 35.9 Å². The Hall–Kier alpha value is -1.54. The van der Waals surface area contributed by atoms with Crippen molar-refractivity contribution in [2.24, 2.45) is 16.7 Å². The van der Waals surface area contributed by atoms with Gasteiger partial charge in [0.05, 0.1) is 28.3 Å². The molecule has 0 spiro atoms. The Labute approximate surface area is 175 Å². The average molecular weight is 425 g/mol. The molecule has 0 aromatic heterocycles. The van der Waals surface area contributed by atoms with Crippen LogP contribution in [-0.2, 0) is 25.8 Å². The number of allylic oxidation sites excluding steroid dienone is 2. The molecule has 2 unspecified atom stereocenters. The summed E-state index contributed by atoms with van der Waals surface area (Å²) in [6.07, 6.45) is 5.29. The van der Waals surface area contributed by atoms with Crippen LogP contribution >= 0.6 is 0 Å². The molecule has 29 heavy (non-hydrogen) atoms. The normalized spacial score (nSPS) is 27.1. The Morgan fingerprint density at radius 3 is 2.07 bits per heavy atom. The number of Topliss-reactive ketones (excluding diaryl/α,β-unsaturated/α-hetero) is 1. The largest absolute Gasteiger partial charge is 0.397 e. The van der Waals surface area contributed by atoms with Crippen LogP contribution < -0.4 is 4.48 Å². The molecule has 2 bridgehead atoms. The summed E-state index contributed by atoms with van der Waals surface area (Å²) in [5.74, 6) is 0.854. The third-order valence-corrected chi connectivity index (χ3v) is 7.27. The van der Waals surface area contributed by atoms with Crippen LogP contribution in [0.25, 0.3) is 0 Å². The molecule has 2 aliphatic rings. The molecule has 3 rings (SSSR count). The molecule has 1 aromatic rings. The Morgan fingerprint density at radius 2 is 1.69 bits per heavy atom. The quantitative estimate of drug-likeness (QED) is 0.452. The van der Waals surface area contributed by atoms with Gasteiger partial charge in [-0.25, -0.2) is 0 Å². The molecule has 7 heteroatoms. The van der Waals surface area contributed by atoms with Gasteiger partial charge in [0.25, 0.3) is 0 Å². The van der Waals surface area contributed by atoms with Crippen molar-refractivity contribution < 1.29 is 21.9 Å². The van der Waals surface area contributed by atoms with E-state index in [1.54, 1.807) is 0 Å². The highest BCUT2D eigenvalue weighted by atomic mass is 32.3. The number of hydrogen-bond donors (Lipinski definition) is 1. The number of carbonyl (C=O) groups excluding carboxylic acids is 1. The van der Waals surface area contributed by atoms with E-state index < -0.39 is 10.4 Å². The van der Waals surface area contributed by atoms with Crippen LogP contribution in [-0.4, -0.2) is 47.0 Å². The second-order valence-electron chi connectivity index (χ2n) is 9.61. The molecular weight excluding hydrogens is 390 g/mol. The zero-order valence-corrected chi connectivity index (χ0v) is 19.3. The summed E-state index contributed by atoms with van der Waals surface area (Å²) in [4.78, 5) is 12.8. The highest BCUT2D eigenvalue weighted by molar-refractivity contribution is 7.80. The minimum atomic E-state index is -4.16. The molecule has 0 heterocycles. The fraction of sp³-hybridized carbons (Fsp3) is 0.591. The van der Waals surface area contributed by atoms with E-state index in [4.69, 9.17) is 4.55 Å². The standard InChI is InChI=1S/C21H30NO.CH4O4S/c1-20(2)18-13-14-21(20,3)19(23)17(18)12-9-15-7-10-16(11-8-15)22(4,5)6;1-5-6(2,3)4/h7-8,10-12,18H,9,13-14H2,1-6H3;1H3,(H,2,3,4)/q+1;. The van der Waals surface area contributed by atoms with Gasteiger partial charge in [0.2, 0.25) is 0 Å². The highest BCUT2D eigenvalue weighted by Crippen LogP contribution is 2.65. The summed E-state index contributed by atoms with van der Waals surface area (Å²) < 4.78 is 30.5. The molecule has 1 N–H and O–H groups in total. The first kappa shape index (κ1) is 23.7. The molecule has 2 atom stereocenters. The van der Waals surface area contributed by atoms with Crippen LogP contribution in [0.4, 0.5) is 5.69 Å². The van der Waals surface area contributed by atoms with Crippen LogP contribution in [0.1, 0.15) is 39.2 Å². The molecule has 2 saturated carbocycles. The number of nitrogens with zero attached hydrogens (tertiary/aromatic N) is 1. The molecule has 162 valence electrons. The van der Waals surface area contributed by atoms with E-state index in [0.717, 1.165) is 30.0 Å². The van der Waals surface area contributed by atoms with Crippen molar-refractivity contribution in [1.82, 2.24) is 4.48 Å². The van der Waals surface area contributed by atoms with Gasteiger partial charge in [-0.3, -0.25) is 18.0 Å². The lowest BCUT2D eigenvalue weighted by Crippen LogP contribution is -2.34. The van der Waals surface area contributed by atoms with Crippen LogP contribution in [0, 0.1) is 16.7 Å². The van der Waals surface area contributed by atoms with Gasteiger partial charge in [-0.2, -0.15) is 8.42 Å². The van der Waals surface area contributed by atoms with E-state index in [-0.39, 0.29) is 10.8 Å². The second-order valence-corrected chi connectivity index (χ2v) is 10.8. The number of hydrogen-bond acceptors (Lipinski definition) is 4. The average Bonchev–Trinajstić information content (AvgIpc) is 2.92. The van der Waals surface area contributed by atoms with Gasteiger partial charge in [0, 0.05) is 5.41 Å². The van der Waals surface area contributed by atoms with Gasteiger partial charge in [-0.05, 0) is 53.9 Å². The zero-order valence-electron chi connectivity index (χ0n) is 18.5. The van der Waals surface area contributed by atoms with E-state index >= 15 is 0 Å². The maximum atomic E-state index is 12.8. The third-order valence-electron chi connectivity index (χ3n) is 6.84. The fourth-order valence-corrected chi connectivity index (χ4v) is 4.47. The molecule has 1 aromatic carbocycles. The first-order chi connectivity index (χ1) is 13.1. The number of carbonyl (C=O) groups is 1. The number of fused-ring (bicyclic) bond motifs is 2. The van der Waals surface area contributed by atoms with Gasteiger partial charge >= 0.3 is 10.4 Å². The molecule has 6 nitrogen and oxygen atoms in total. The lowest BCUT2D eigenvalue weighted by Gasteiger charge is -2.31. The monoisotopic (exact) mass is 424 g/mol. The summed E-state index contributed by atoms with van der Waals surface area (Å²) in [5.41, 5.74) is 3.65. The number of ketones is 1. The van der Waals surface area contributed by atoms with Gasteiger partial charge in [-0.1, -0.05) is 39.0 Å². The maximum absolute atomic E-state index is 12.8. The number of quaternary nitrogens is 1. The van der Waals surface area contributed by atoms with Gasteiger partial charge in [-0.15, -0.1) is 0 Å². The van der Waals surface area contributed by atoms with E-state index in [9.17, 15) is 13.2 Å². The minimum absolute atomic E-state index is 0.115. The number of rotatable bonds is 4. The van der Waals surface area contributed by atoms with Crippen LogP contribution in [0.2, 0.25) is 0 Å². The van der Waals surface area contributed by atoms with E-state index in [2.05, 4.69) is 76.4 Å². The first-order valence-corrected chi connectivity index (χ1v) is 11.2. The molecular formula is C22H34NO5S+. The number of benzene rings is 1. The fourth-order valence-electron chi connectivity index (χ4n) is 4.47. The summed E-state index contributed by atoms with van der Waals surface area (Å²) in [6, 6.07) is 8.78. The van der Waals surface area contributed by atoms with E-state index in [1.807, 2.05) is 0 Å². The summed E-state index contributed by atoms with van der Waals surface area (Å²) in [6.45, 7) is 6.73. The second kappa shape index (κ2) is 7.95.